The summed E-state index contributed by atoms with van der Waals surface area (Å²) in [5.74, 6) is -0.977. The van der Waals surface area contributed by atoms with Crippen molar-refractivity contribution in [3.63, 3.8) is 0 Å². The number of carbonyl (C=O) groups excluding carboxylic acids is 2. The van der Waals surface area contributed by atoms with E-state index in [4.69, 9.17) is 0 Å². The number of carboxylic acids is 1. The van der Waals surface area contributed by atoms with E-state index in [1.807, 2.05) is 9.80 Å². The number of amides is 2. The van der Waals surface area contributed by atoms with E-state index in [9.17, 15) is 19.5 Å². The molecular formula is C20H36N8O4. The molecular weight excluding hydrogens is 416 g/mol. The highest BCUT2D eigenvalue weighted by molar-refractivity contribution is 5.81. The molecule has 180 valence electrons. The molecule has 0 unspecified atom stereocenters. The van der Waals surface area contributed by atoms with E-state index in [0.717, 1.165) is 39.3 Å². The number of carboxylic acid groups (broad SMARTS) is 1. The van der Waals surface area contributed by atoms with Gasteiger partial charge in [0.05, 0.1) is 30.7 Å². The SMILES string of the molecule is O=C(O)CN1CC(=O)N2CCN3CC4(CNCCNCC1(CNCCNC4)C2)NCC3=O. The molecule has 5 fully saturated rings. The third-order valence-corrected chi connectivity index (χ3v) is 7.05. The highest BCUT2D eigenvalue weighted by atomic mass is 16.4. The van der Waals surface area contributed by atoms with Crippen LogP contribution in [0.2, 0.25) is 0 Å². The van der Waals surface area contributed by atoms with Gasteiger partial charge in [-0.25, -0.2) is 0 Å². The molecule has 5 heterocycles. The van der Waals surface area contributed by atoms with Gasteiger partial charge in [0.1, 0.15) is 0 Å². The van der Waals surface area contributed by atoms with Crippen LogP contribution in [0.3, 0.4) is 0 Å². The summed E-state index contributed by atoms with van der Waals surface area (Å²) in [5, 5.41) is 27.0. The number of aliphatic carboxylic acids is 1. The number of nitrogens with one attached hydrogen (secondary N) is 5. The van der Waals surface area contributed by atoms with Crippen molar-refractivity contribution in [3.8, 4) is 0 Å². The van der Waals surface area contributed by atoms with Crippen molar-refractivity contribution >= 4 is 17.8 Å². The van der Waals surface area contributed by atoms with Crippen molar-refractivity contribution in [2.24, 2.45) is 0 Å². The van der Waals surface area contributed by atoms with Gasteiger partial charge in [-0.3, -0.25) is 24.6 Å². The van der Waals surface area contributed by atoms with E-state index in [1.54, 1.807) is 4.90 Å². The Morgan fingerprint density at radius 1 is 0.844 bits per heavy atom. The lowest BCUT2D eigenvalue weighted by molar-refractivity contribution is -0.151. The maximum atomic E-state index is 13.0. The Hall–Kier alpha value is -1.83. The van der Waals surface area contributed by atoms with Gasteiger partial charge in [0.25, 0.3) is 0 Å². The minimum absolute atomic E-state index is 0.0476. The Morgan fingerprint density at radius 2 is 1.41 bits per heavy atom. The monoisotopic (exact) mass is 452 g/mol. The Balaban J connectivity index is 1.65. The summed E-state index contributed by atoms with van der Waals surface area (Å²) in [6, 6.07) is 0. The normalized spacial score (nSPS) is 33.6. The summed E-state index contributed by atoms with van der Waals surface area (Å²) in [7, 11) is 0. The first-order valence-corrected chi connectivity index (χ1v) is 11.5. The number of fused-ring (bicyclic) bond motifs is 11. The molecule has 2 amide bonds. The standard InChI is InChI=1S/C20H36N8O4/c29-16-7-25-19-10-21-1-3-23-12-20(13-24-4-2-22-11-19)15-27(6-5-26(16)14-19)17(30)8-28(20)9-18(31)32/h21-25H,1-15H2,(H,31,32). The summed E-state index contributed by atoms with van der Waals surface area (Å²) in [4.78, 5) is 42.7. The molecule has 5 rings (SSSR count). The molecule has 0 saturated carbocycles. The van der Waals surface area contributed by atoms with Crippen LogP contribution in [0.25, 0.3) is 0 Å². The Labute approximate surface area is 188 Å². The number of carbonyl (C=O) groups is 3. The lowest BCUT2D eigenvalue weighted by Crippen LogP contribution is -2.74. The summed E-state index contributed by atoms with van der Waals surface area (Å²) < 4.78 is 0. The molecule has 12 nitrogen and oxygen atoms in total. The topological polar surface area (TPSA) is 141 Å². The van der Waals surface area contributed by atoms with Crippen molar-refractivity contribution in [2.75, 3.05) is 98.2 Å². The van der Waals surface area contributed by atoms with Crippen molar-refractivity contribution in [1.29, 1.82) is 0 Å². The van der Waals surface area contributed by atoms with Gasteiger partial charge in [0.15, 0.2) is 0 Å². The summed E-state index contributed by atoms with van der Waals surface area (Å²) in [6.07, 6.45) is 0. The number of hydrogen-bond donors (Lipinski definition) is 6. The minimum Gasteiger partial charge on any atom is -0.480 e. The van der Waals surface area contributed by atoms with Gasteiger partial charge in [0, 0.05) is 78.5 Å². The molecule has 5 aliphatic heterocycles. The van der Waals surface area contributed by atoms with E-state index < -0.39 is 11.5 Å². The molecule has 6 N–H and O–H groups in total. The molecule has 0 aromatic carbocycles. The molecule has 0 aromatic rings. The van der Waals surface area contributed by atoms with Crippen molar-refractivity contribution < 1.29 is 19.5 Å². The fourth-order valence-corrected chi connectivity index (χ4v) is 5.24. The van der Waals surface area contributed by atoms with Gasteiger partial charge in [-0.05, 0) is 0 Å². The van der Waals surface area contributed by atoms with Gasteiger partial charge in [-0.1, -0.05) is 0 Å². The number of nitrogens with zero attached hydrogens (tertiary/aromatic N) is 3. The predicted octanol–water partition coefficient (Wildman–Crippen LogP) is -4.49. The highest BCUT2D eigenvalue weighted by Crippen LogP contribution is 2.23. The van der Waals surface area contributed by atoms with Gasteiger partial charge in [-0.2, -0.15) is 0 Å². The average Bonchev–Trinajstić information content (AvgIpc) is 2.75. The zero-order valence-corrected chi connectivity index (χ0v) is 18.6. The van der Waals surface area contributed by atoms with Gasteiger partial charge < -0.3 is 36.2 Å². The molecule has 0 atom stereocenters. The van der Waals surface area contributed by atoms with Crippen molar-refractivity contribution in [3.05, 3.63) is 0 Å². The van der Waals surface area contributed by atoms with Crippen LogP contribution in [0.1, 0.15) is 0 Å². The van der Waals surface area contributed by atoms with E-state index in [2.05, 4.69) is 26.6 Å². The second-order valence-corrected chi connectivity index (χ2v) is 9.45. The Bertz CT molecular complexity index is 704. The Morgan fingerprint density at radius 3 is 2.00 bits per heavy atom. The van der Waals surface area contributed by atoms with Crippen molar-refractivity contribution in [2.45, 2.75) is 11.1 Å². The average molecular weight is 453 g/mol. The molecule has 2 spiro atoms. The van der Waals surface area contributed by atoms with Crippen LogP contribution >= 0.6 is 0 Å². The largest absolute Gasteiger partial charge is 0.480 e. The molecule has 12 heteroatoms. The van der Waals surface area contributed by atoms with Crippen LogP contribution in [0.15, 0.2) is 0 Å². The molecule has 0 aliphatic carbocycles. The van der Waals surface area contributed by atoms with Crippen molar-refractivity contribution in [1.82, 2.24) is 41.3 Å². The number of hydrogen-bond acceptors (Lipinski definition) is 9. The van der Waals surface area contributed by atoms with E-state index in [0.29, 0.717) is 39.3 Å². The quantitative estimate of drug-likeness (QED) is 0.243. The lowest BCUT2D eigenvalue weighted by atomic mass is 9.91. The van der Waals surface area contributed by atoms with Crippen LogP contribution in [0.4, 0.5) is 0 Å². The third-order valence-electron chi connectivity index (χ3n) is 7.05. The fourth-order valence-electron chi connectivity index (χ4n) is 5.24. The zero-order valence-electron chi connectivity index (χ0n) is 18.6. The van der Waals surface area contributed by atoms with E-state index in [1.165, 1.54) is 0 Å². The lowest BCUT2D eigenvalue weighted by Gasteiger charge is -2.51. The zero-order chi connectivity index (χ0) is 22.6. The molecule has 5 saturated heterocycles. The molecule has 5 aliphatic rings. The molecule has 0 radical (unpaired) electrons. The first-order chi connectivity index (χ1) is 15.4. The van der Waals surface area contributed by atoms with E-state index >= 15 is 0 Å². The second-order valence-electron chi connectivity index (χ2n) is 9.45. The Kier molecular flexibility index (Phi) is 7.27. The first kappa shape index (κ1) is 23.3. The molecule has 0 aromatic heterocycles. The van der Waals surface area contributed by atoms with Gasteiger partial charge >= 0.3 is 5.97 Å². The molecule has 32 heavy (non-hydrogen) atoms. The number of rotatable bonds is 2. The summed E-state index contributed by atoms with van der Waals surface area (Å²) in [6.45, 7) is 7.61. The maximum Gasteiger partial charge on any atom is 0.317 e. The smallest absolute Gasteiger partial charge is 0.317 e. The van der Waals surface area contributed by atoms with Gasteiger partial charge in [0.2, 0.25) is 11.8 Å². The first-order valence-electron chi connectivity index (χ1n) is 11.5. The van der Waals surface area contributed by atoms with Gasteiger partial charge in [-0.15, -0.1) is 0 Å². The van der Waals surface area contributed by atoms with Crippen LogP contribution in [0, 0.1) is 0 Å². The second kappa shape index (κ2) is 9.98. The maximum absolute atomic E-state index is 13.0. The number of piperazine rings is 2. The summed E-state index contributed by atoms with van der Waals surface area (Å²) >= 11 is 0. The predicted molar refractivity (Wildman–Crippen MR) is 117 cm³/mol. The molecule has 4 bridgehead atoms. The third kappa shape index (κ3) is 5.21. The van der Waals surface area contributed by atoms with Crippen LogP contribution in [-0.2, 0) is 14.4 Å². The minimum atomic E-state index is -0.939. The van der Waals surface area contributed by atoms with Crippen LogP contribution in [-0.4, -0.2) is 147 Å². The van der Waals surface area contributed by atoms with E-state index in [-0.39, 0.29) is 37.0 Å². The van der Waals surface area contributed by atoms with Crippen LogP contribution < -0.4 is 26.6 Å². The van der Waals surface area contributed by atoms with Crippen LogP contribution in [0.5, 0.6) is 0 Å². The highest BCUT2D eigenvalue weighted by Gasteiger charge is 2.46. The fraction of sp³-hybridized carbons (Fsp3) is 0.850. The summed E-state index contributed by atoms with van der Waals surface area (Å²) in [5.41, 5.74) is -0.812.